The molecule has 1 aliphatic rings. The number of rotatable bonds is 9. The van der Waals surface area contributed by atoms with Gasteiger partial charge in [0.15, 0.2) is 5.82 Å². The number of aryl methyl sites for hydroxylation is 1. The van der Waals surface area contributed by atoms with Gasteiger partial charge < -0.3 is 19.7 Å². The Morgan fingerprint density at radius 3 is 2.71 bits per heavy atom. The molecule has 0 saturated heterocycles. The molecule has 0 bridgehead atoms. The Bertz CT molecular complexity index is 861. The van der Waals surface area contributed by atoms with Gasteiger partial charge in [-0.25, -0.2) is 0 Å². The van der Waals surface area contributed by atoms with Crippen LogP contribution in [-0.4, -0.2) is 70.1 Å². The van der Waals surface area contributed by atoms with Crippen molar-refractivity contribution >= 4 is 23.2 Å². The average molecular weight is 447 g/mol. The maximum atomic E-state index is 12.8. The van der Waals surface area contributed by atoms with E-state index in [0.717, 1.165) is 24.5 Å². The molecule has 9 heteroatoms. The molecule has 0 aliphatic carbocycles. The number of hydrogen-bond donors (Lipinski definition) is 1. The predicted octanol–water partition coefficient (Wildman–Crippen LogP) is 2.12. The second kappa shape index (κ2) is 10.9. The van der Waals surface area contributed by atoms with Crippen LogP contribution in [-0.2, 0) is 29.0 Å². The highest BCUT2D eigenvalue weighted by atomic mass is 32.1. The fourth-order valence-corrected chi connectivity index (χ4v) is 4.63. The molecule has 0 fully saturated rings. The number of aromatic nitrogens is 3. The molecule has 0 aromatic carbocycles. The van der Waals surface area contributed by atoms with Crippen LogP contribution in [0.3, 0.4) is 0 Å². The van der Waals surface area contributed by atoms with Gasteiger partial charge in [-0.1, -0.05) is 19.9 Å². The number of fused-ring (bicyclic) bond motifs is 1. The summed E-state index contributed by atoms with van der Waals surface area (Å²) in [4.78, 5) is 30.2. The second-order valence-corrected chi connectivity index (χ2v) is 9.86. The third kappa shape index (κ3) is 6.61. The number of carbonyl (C=O) groups is 2. The van der Waals surface area contributed by atoms with Crippen LogP contribution in [0.1, 0.15) is 49.3 Å². The summed E-state index contributed by atoms with van der Waals surface area (Å²) in [5.41, 5.74) is 0. The van der Waals surface area contributed by atoms with Crippen molar-refractivity contribution in [2.75, 3.05) is 33.7 Å². The van der Waals surface area contributed by atoms with Crippen molar-refractivity contribution in [1.29, 1.82) is 0 Å². The lowest BCUT2D eigenvalue weighted by atomic mass is 10.0. The molecule has 31 heavy (non-hydrogen) atoms. The van der Waals surface area contributed by atoms with Gasteiger partial charge in [-0.3, -0.25) is 9.59 Å². The Hall–Kier alpha value is -2.26. The quantitative estimate of drug-likeness (QED) is 0.638. The second-order valence-electron chi connectivity index (χ2n) is 8.82. The molecule has 2 amide bonds. The molecule has 1 N–H and O–H groups in total. The van der Waals surface area contributed by atoms with Gasteiger partial charge in [-0.05, 0) is 44.3 Å². The predicted molar refractivity (Wildman–Crippen MR) is 122 cm³/mol. The van der Waals surface area contributed by atoms with Crippen LogP contribution in [0.2, 0.25) is 0 Å². The van der Waals surface area contributed by atoms with Gasteiger partial charge in [0.05, 0.1) is 12.6 Å². The van der Waals surface area contributed by atoms with E-state index in [2.05, 4.69) is 40.0 Å². The van der Waals surface area contributed by atoms with E-state index in [1.807, 2.05) is 35.3 Å². The minimum Gasteiger partial charge on any atom is -0.345 e. The Morgan fingerprint density at radius 2 is 2.03 bits per heavy atom. The van der Waals surface area contributed by atoms with Crippen molar-refractivity contribution in [3.05, 3.63) is 34.0 Å². The lowest BCUT2D eigenvalue weighted by Crippen LogP contribution is -2.38. The fourth-order valence-electron chi connectivity index (χ4n) is 3.92. The molecule has 2 aromatic rings. The van der Waals surface area contributed by atoms with Crippen molar-refractivity contribution < 1.29 is 9.59 Å². The zero-order valence-corrected chi connectivity index (χ0v) is 19.8. The Kier molecular flexibility index (Phi) is 8.20. The summed E-state index contributed by atoms with van der Waals surface area (Å²) in [7, 11) is 3.76. The van der Waals surface area contributed by atoms with E-state index in [9.17, 15) is 9.59 Å². The summed E-state index contributed by atoms with van der Waals surface area (Å²) >= 11 is 1.69. The number of thiophene rings is 1. The summed E-state index contributed by atoms with van der Waals surface area (Å²) in [5, 5.41) is 14.0. The highest BCUT2D eigenvalue weighted by Crippen LogP contribution is 2.22. The largest absolute Gasteiger partial charge is 0.345 e. The van der Waals surface area contributed by atoms with Crippen molar-refractivity contribution in [1.82, 2.24) is 29.9 Å². The Morgan fingerprint density at radius 1 is 1.23 bits per heavy atom. The van der Waals surface area contributed by atoms with Crippen LogP contribution >= 0.6 is 11.3 Å². The zero-order chi connectivity index (χ0) is 22.4. The van der Waals surface area contributed by atoms with Gasteiger partial charge in [-0.15, -0.1) is 21.5 Å². The first kappa shape index (κ1) is 23.4. The molecule has 3 rings (SSSR count). The summed E-state index contributed by atoms with van der Waals surface area (Å²) < 4.78 is 2.11. The maximum Gasteiger partial charge on any atom is 0.234 e. The van der Waals surface area contributed by atoms with Gasteiger partial charge in [0.1, 0.15) is 5.82 Å². The summed E-state index contributed by atoms with van der Waals surface area (Å²) in [5.74, 6) is 2.25. The molecule has 3 heterocycles. The molecule has 0 saturated carbocycles. The van der Waals surface area contributed by atoms with Crippen LogP contribution in [0.25, 0.3) is 0 Å². The number of amides is 2. The summed E-state index contributed by atoms with van der Waals surface area (Å²) in [6.45, 7) is 6.56. The topological polar surface area (TPSA) is 83.4 Å². The van der Waals surface area contributed by atoms with Crippen LogP contribution in [0.5, 0.6) is 0 Å². The van der Waals surface area contributed by atoms with E-state index in [0.29, 0.717) is 44.9 Å². The number of carbonyl (C=O) groups excluding carboxylic acids is 2. The zero-order valence-electron chi connectivity index (χ0n) is 19.0. The maximum absolute atomic E-state index is 12.8. The molecule has 0 spiro atoms. The van der Waals surface area contributed by atoms with Gasteiger partial charge >= 0.3 is 0 Å². The molecule has 0 unspecified atom stereocenters. The monoisotopic (exact) mass is 446 g/mol. The highest BCUT2D eigenvalue weighted by molar-refractivity contribution is 7.09. The fraction of sp³-hybridized carbons (Fsp3) is 0.636. The Labute approximate surface area is 188 Å². The van der Waals surface area contributed by atoms with E-state index < -0.39 is 0 Å². The van der Waals surface area contributed by atoms with Gasteiger partial charge in [-0.2, -0.15) is 0 Å². The Balaban J connectivity index is 1.66. The lowest BCUT2D eigenvalue weighted by molar-refractivity contribution is -0.131. The molecular formula is C22H34N6O2S. The minimum absolute atomic E-state index is 0.0213. The first-order valence-electron chi connectivity index (χ1n) is 11.0. The lowest BCUT2D eigenvalue weighted by Gasteiger charge is -2.23. The van der Waals surface area contributed by atoms with Crippen LogP contribution < -0.4 is 5.32 Å². The highest BCUT2D eigenvalue weighted by Gasteiger charge is 2.27. The van der Waals surface area contributed by atoms with Crippen molar-refractivity contribution in [3.8, 4) is 0 Å². The van der Waals surface area contributed by atoms with Gasteiger partial charge in [0.25, 0.3) is 0 Å². The van der Waals surface area contributed by atoms with Crippen LogP contribution in [0, 0.1) is 5.92 Å². The third-order valence-electron chi connectivity index (χ3n) is 5.39. The van der Waals surface area contributed by atoms with Gasteiger partial charge in [0.2, 0.25) is 11.8 Å². The summed E-state index contributed by atoms with van der Waals surface area (Å²) in [6, 6.07) is 3.91. The molecular weight excluding hydrogens is 412 g/mol. The van der Waals surface area contributed by atoms with E-state index in [4.69, 9.17) is 0 Å². The van der Waals surface area contributed by atoms with E-state index in [1.54, 1.807) is 11.3 Å². The molecule has 1 aliphatic heterocycles. The number of nitrogens with one attached hydrogen (secondary N) is 1. The first-order chi connectivity index (χ1) is 14.8. The van der Waals surface area contributed by atoms with E-state index in [1.165, 1.54) is 4.88 Å². The van der Waals surface area contributed by atoms with Crippen molar-refractivity contribution in [2.24, 2.45) is 5.92 Å². The molecule has 170 valence electrons. The normalized spacial score (nSPS) is 15.1. The number of nitrogens with zero attached hydrogens (tertiary/aromatic N) is 5. The standard InChI is InChI=1S/C22H34N6O2S/c1-16(2)14-18(23-20(29)15-26(3)4)22-25-24-19-9-10-27(11-12-28(19)22)21(30)8-7-17-6-5-13-31-17/h5-6,13,16,18H,7-12,14-15H2,1-4H3,(H,23,29)/t18-/m1/s1. The molecule has 0 radical (unpaired) electrons. The SMILES string of the molecule is CC(C)C[C@@H](NC(=O)CN(C)C)c1nnc2n1CCN(C(=O)CCc1cccs1)CC2. The number of likely N-dealkylation sites (N-methyl/N-ethyl adjacent to an activating group) is 1. The number of hydrogen-bond acceptors (Lipinski definition) is 6. The summed E-state index contributed by atoms with van der Waals surface area (Å²) in [6.07, 6.45) is 2.79. The average Bonchev–Trinajstić information content (AvgIpc) is 3.30. The molecule has 1 atom stereocenters. The van der Waals surface area contributed by atoms with Crippen molar-refractivity contribution in [3.63, 3.8) is 0 Å². The van der Waals surface area contributed by atoms with E-state index in [-0.39, 0.29) is 17.9 Å². The van der Waals surface area contributed by atoms with Crippen LogP contribution in [0.15, 0.2) is 17.5 Å². The van der Waals surface area contributed by atoms with Gasteiger partial charge in [0, 0.05) is 37.4 Å². The smallest absolute Gasteiger partial charge is 0.234 e. The third-order valence-corrected chi connectivity index (χ3v) is 6.32. The van der Waals surface area contributed by atoms with Crippen molar-refractivity contribution in [2.45, 2.75) is 52.1 Å². The van der Waals surface area contributed by atoms with E-state index >= 15 is 0 Å². The minimum atomic E-state index is -0.185. The van der Waals surface area contributed by atoms with Crippen LogP contribution in [0.4, 0.5) is 0 Å². The molecule has 2 aromatic heterocycles. The first-order valence-corrected chi connectivity index (χ1v) is 11.9. The molecule has 8 nitrogen and oxygen atoms in total.